The van der Waals surface area contributed by atoms with Gasteiger partial charge < -0.3 is 15.5 Å². The number of benzodiazepines with no additional fused rings is 1. The number of aliphatic imine (C=N–C) groups is 1. The van der Waals surface area contributed by atoms with Crippen LogP contribution in [0.2, 0.25) is 0 Å². The van der Waals surface area contributed by atoms with Crippen molar-refractivity contribution in [1.82, 2.24) is 5.32 Å². The second kappa shape index (κ2) is 9.26. The lowest BCUT2D eigenvalue weighted by molar-refractivity contribution is -0.127. The maximum atomic E-state index is 13.1. The average molecular weight is 412 g/mol. The first kappa shape index (κ1) is 20.3. The van der Waals surface area contributed by atoms with Gasteiger partial charge in [0, 0.05) is 36.8 Å². The van der Waals surface area contributed by atoms with Gasteiger partial charge in [0.25, 0.3) is 5.91 Å². The molecule has 0 fully saturated rings. The van der Waals surface area contributed by atoms with Gasteiger partial charge in [0.05, 0.1) is 11.4 Å². The Kier molecular flexibility index (Phi) is 6.08. The number of benzene rings is 3. The summed E-state index contributed by atoms with van der Waals surface area (Å²) in [5.74, 6) is -0.514. The predicted molar refractivity (Wildman–Crippen MR) is 123 cm³/mol. The fourth-order valence-electron chi connectivity index (χ4n) is 3.54. The number of rotatable bonds is 6. The molecule has 156 valence electrons. The van der Waals surface area contributed by atoms with E-state index < -0.39 is 6.17 Å². The lowest BCUT2D eigenvalue weighted by Crippen LogP contribution is -2.46. The molecule has 4 rings (SSSR count). The fourth-order valence-corrected chi connectivity index (χ4v) is 3.54. The third-order valence-corrected chi connectivity index (χ3v) is 5.14. The summed E-state index contributed by atoms with van der Waals surface area (Å²) in [4.78, 5) is 32.0. The summed E-state index contributed by atoms with van der Waals surface area (Å²) in [6.07, 6.45) is -0.761. The van der Waals surface area contributed by atoms with E-state index >= 15 is 0 Å². The second-order valence-electron chi connectivity index (χ2n) is 7.27. The molecule has 0 radical (unpaired) electrons. The van der Waals surface area contributed by atoms with E-state index in [0.717, 1.165) is 22.5 Å². The maximum Gasteiger partial charge on any atom is 0.272 e. The van der Waals surface area contributed by atoms with Crippen molar-refractivity contribution in [3.05, 3.63) is 96.1 Å². The Morgan fingerprint density at radius 2 is 1.58 bits per heavy atom. The van der Waals surface area contributed by atoms with Gasteiger partial charge in [-0.25, -0.2) is 4.99 Å². The molecule has 0 aliphatic carbocycles. The molecule has 0 saturated carbocycles. The molecule has 0 aromatic heterocycles. The first-order valence-corrected chi connectivity index (χ1v) is 10.2. The molecule has 1 unspecified atom stereocenters. The van der Waals surface area contributed by atoms with Crippen LogP contribution in [-0.4, -0.2) is 37.3 Å². The van der Waals surface area contributed by atoms with Gasteiger partial charge in [-0.05, 0) is 18.2 Å². The minimum absolute atomic E-state index is 0.228. The fraction of sp³-hybridized carbons (Fsp3) is 0.160. The molecule has 1 heterocycles. The topological polar surface area (TPSA) is 73.8 Å². The maximum absolute atomic E-state index is 13.1. The monoisotopic (exact) mass is 412 g/mol. The largest absolute Gasteiger partial charge is 0.385 e. The number of likely N-dealkylation sites (N-methyl/N-ethyl adjacent to an activating group) is 1. The van der Waals surface area contributed by atoms with Crippen LogP contribution >= 0.6 is 0 Å². The Balaban J connectivity index is 1.55. The van der Waals surface area contributed by atoms with E-state index in [1.54, 1.807) is 11.9 Å². The lowest BCUT2D eigenvalue weighted by Gasteiger charge is -2.21. The summed E-state index contributed by atoms with van der Waals surface area (Å²) in [5, 5.41) is 6.00. The molecule has 2 N–H and O–H groups in total. The SMILES string of the molecule is CN1C(=O)C(NC(=O)CCNc2ccccc2)N=C(c2ccccc2)c2ccccc21. The van der Waals surface area contributed by atoms with Gasteiger partial charge in [-0.1, -0.05) is 66.7 Å². The van der Waals surface area contributed by atoms with Crippen LogP contribution < -0.4 is 15.5 Å². The van der Waals surface area contributed by atoms with Crippen molar-refractivity contribution < 1.29 is 9.59 Å². The van der Waals surface area contributed by atoms with E-state index in [9.17, 15) is 9.59 Å². The number of hydrogen-bond donors (Lipinski definition) is 2. The lowest BCUT2D eigenvalue weighted by atomic mass is 10.0. The van der Waals surface area contributed by atoms with Crippen molar-refractivity contribution >= 4 is 28.9 Å². The van der Waals surface area contributed by atoms with E-state index in [1.165, 1.54) is 0 Å². The van der Waals surface area contributed by atoms with Crippen molar-refractivity contribution in [1.29, 1.82) is 0 Å². The van der Waals surface area contributed by atoms with Crippen LogP contribution in [0, 0.1) is 0 Å². The number of nitrogens with zero attached hydrogens (tertiary/aromatic N) is 2. The predicted octanol–water partition coefficient (Wildman–Crippen LogP) is 3.44. The average Bonchev–Trinajstić information content (AvgIpc) is 2.91. The van der Waals surface area contributed by atoms with Crippen molar-refractivity contribution in [2.24, 2.45) is 4.99 Å². The molecule has 1 atom stereocenters. The van der Waals surface area contributed by atoms with E-state index in [1.807, 2.05) is 84.9 Å². The highest BCUT2D eigenvalue weighted by Gasteiger charge is 2.30. The Hall–Kier alpha value is -3.93. The van der Waals surface area contributed by atoms with E-state index in [2.05, 4.69) is 10.6 Å². The van der Waals surface area contributed by atoms with Crippen molar-refractivity contribution in [3.63, 3.8) is 0 Å². The molecular formula is C25H24N4O2. The quantitative estimate of drug-likeness (QED) is 0.651. The second-order valence-corrected chi connectivity index (χ2v) is 7.27. The zero-order chi connectivity index (χ0) is 21.6. The third kappa shape index (κ3) is 4.64. The Morgan fingerprint density at radius 1 is 0.935 bits per heavy atom. The first-order valence-electron chi connectivity index (χ1n) is 10.2. The van der Waals surface area contributed by atoms with Crippen molar-refractivity contribution in [3.8, 4) is 0 Å². The number of hydrogen-bond acceptors (Lipinski definition) is 4. The van der Waals surface area contributed by atoms with Gasteiger partial charge in [0.2, 0.25) is 12.1 Å². The van der Waals surface area contributed by atoms with Crippen LogP contribution in [0.1, 0.15) is 17.5 Å². The molecule has 1 aliphatic heterocycles. The van der Waals surface area contributed by atoms with Crippen molar-refractivity contribution in [2.45, 2.75) is 12.6 Å². The van der Waals surface area contributed by atoms with Gasteiger partial charge in [-0.15, -0.1) is 0 Å². The van der Waals surface area contributed by atoms with E-state index in [4.69, 9.17) is 4.99 Å². The number of para-hydroxylation sites is 2. The molecule has 0 bridgehead atoms. The number of amides is 2. The Bertz CT molecular complexity index is 1100. The summed E-state index contributed by atoms with van der Waals surface area (Å²) >= 11 is 0. The Morgan fingerprint density at radius 3 is 2.32 bits per heavy atom. The Labute approximate surface area is 181 Å². The normalized spacial score (nSPS) is 15.5. The number of anilines is 2. The summed E-state index contributed by atoms with van der Waals surface area (Å²) in [5.41, 5.74) is 4.13. The van der Waals surface area contributed by atoms with E-state index in [-0.39, 0.29) is 18.2 Å². The van der Waals surface area contributed by atoms with Crippen LogP contribution in [-0.2, 0) is 9.59 Å². The molecule has 3 aromatic rings. The summed E-state index contributed by atoms with van der Waals surface area (Å²) in [6.45, 7) is 0.460. The van der Waals surface area contributed by atoms with Crippen molar-refractivity contribution in [2.75, 3.05) is 23.8 Å². The van der Waals surface area contributed by atoms with Gasteiger partial charge in [0.1, 0.15) is 0 Å². The molecular weight excluding hydrogens is 388 g/mol. The van der Waals surface area contributed by atoms with Crippen LogP contribution in [0.25, 0.3) is 0 Å². The van der Waals surface area contributed by atoms with Crippen LogP contribution in [0.4, 0.5) is 11.4 Å². The van der Waals surface area contributed by atoms with Gasteiger partial charge in [-0.3, -0.25) is 9.59 Å². The molecule has 6 heteroatoms. The minimum atomic E-state index is -0.989. The highest BCUT2D eigenvalue weighted by atomic mass is 16.2. The summed E-state index contributed by atoms with van der Waals surface area (Å²) < 4.78 is 0. The number of fused-ring (bicyclic) bond motifs is 1. The van der Waals surface area contributed by atoms with Crippen LogP contribution in [0.3, 0.4) is 0 Å². The minimum Gasteiger partial charge on any atom is -0.385 e. The van der Waals surface area contributed by atoms with Crippen LogP contribution in [0.5, 0.6) is 0 Å². The molecule has 1 aliphatic rings. The molecule has 2 amide bonds. The highest BCUT2D eigenvalue weighted by molar-refractivity contribution is 6.20. The highest BCUT2D eigenvalue weighted by Crippen LogP contribution is 2.27. The van der Waals surface area contributed by atoms with Crippen LogP contribution in [0.15, 0.2) is 89.9 Å². The smallest absolute Gasteiger partial charge is 0.272 e. The number of carbonyl (C=O) groups excluding carboxylic acids is 2. The summed E-state index contributed by atoms with van der Waals surface area (Å²) in [7, 11) is 1.71. The molecule has 0 saturated heterocycles. The summed E-state index contributed by atoms with van der Waals surface area (Å²) in [6, 6.07) is 27.0. The van der Waals surface area contributed by atoms with Gasteiger partial charge >= 0.3 is 0 Å². The molecule has 31 heavy (non-hydrogen) atoms. The standard InChI is InChI=1S/C25H24N4O2/c1-29-21-15-9-8-14-20(21)23(18-10-4-2-5-11-18)28-24(25(29)31)27-22(30)16-17-26-19-12-6-3-7-13-19/h2-15,24,26H,16-17H2,1H3,(H,27,30). The van der Waals surface area contributed by atoms with Gasteiger partial charge in [-0.2, -0.15) is 0 Å². The van der Waals surface area contributed by atoms with Gasteiger partial charge in [0.15, 0.2) is 0 Å². The molecule has 0 spiro atoms. The zero-order valence-electron chi connectivity index (χ0n) is 17.3. The van der Waals surface area contributed by atoms with E-state index in [0.29, 0.717) is 12.3 Å². The number of nitrogens with one attached hydrogen (secondary N) is 2. The third-order valence-electron chi connectivity index (χ3n) is 5.14. The first-order chi connectivity index (χ1) is 15.1. The molecule has 6 nitrogen and oxygen atoms in total. The number of carbonyl (C=O) groups is 2. The zero-order valence-corrected chi connectivity index (χ0v) is 17.3. The molecule has 3 aromatic carbocycles.